The van der Waals surface area contributed by atoms with Crippen LogP contribution < -0.4 is 0 Å². The fourth-order valence-corrected chi connectivity index (χ4v) is 2.31. The molecule has 0 amide bonds. The van der Waals surface area contributed by atoms with Gasteiger partial charge in [0.15, 0.2) is 0 Å². The Kier molecular flexibility index (Phi) is 12.0. The third-order valence-corrected chi connectivity index (χ3v) is 4.26. The molecule has 0 aromatic heterocycles. The van der Waals surface area contributed by atoms with Gasteiger partial charge in [-0.1, -0.05) is 72.1 Å². The minimum atomic E-state index is 0.393. The van der Waals surface area contributed by atoms with Crippen molar-refractivity contribution in [1.29, 1.82) is 0 Å². The molecule has 0 aromatic rings. The van der Waals surface area contributed by atoms with Crippen LogP contribution in [0.4, 0.5) is 0 Å². The molecule has 0 nitrogen and oxygen atoms in total. The van der Waals surface area contributed by atoms with E-state index in [4.69, 9.17) is 11.6 Å². The molecule has 0 fully saturated rings. The van der Waals surface area contributed by atoms with Crippen molar-refractivity contribution >= 4 is 11.6 Å². The molecule has 0 radical (unpaired) electrons. The minimum Gasteiger partial charge on any atom is -0.123 e. The number of hydrogen-bond acceptors (Lipinski definition) is 0. The van der Waals surface area contributed by atoms with Gasteiger partial charge in [-0.05, 0) is 18.8 Å². The van der Waals surface area contributed by atoms with Crippen LogP contribution in [0.15, 0.2) is 0 Å². The van der Waals surface area contributed by atoms with E-state index in [0.717, 1.165) is 6.42 Å². The van der Waals surface area contributed by atoms with E-state index in [1.54, 1.807) is 0 Å². The fraction of sp³-hybridized carbons (Fsp3) is 1.00. The highest BCUT2D eigenvalue weighted by atomic mass is 35.5. The van der Waals surface area contributed by atoms with Crippen LogP contribution >= 0.6 is 11.6 Å². The van der Waals surface area contributed by atoms with Gasteiger partial charge in [0, 0.05) is 5.38 Å². The van der Waals surface area contributed by atoms with Gasteiger partial charge in [0.25, 0.3) is 0 Å². The molecule has 1 heteroatoms. The molecule has 0 N–H and O–H groups in total. The SMILES string of the molecule is CCCCCCCCCCC(C)C(Cl)CC. The van der Waals surface area contributed by atoms with Gasteiger partial charge in [-0.2, -0.15) is 0 Å². The molecule has 0 bridgehead atoms. The topological polar surface area (TPSA) is 0 Å². The first kappa shape index (κ1) is 16.3. The summed E-state index contributed by atoms with van der Waals surface area (Å²) in [6.07, 6.45) is 13.7. The van der Waals surface area contributed by atoms with Crippen molar-refractivity contribution in [2.24, 2.45) is 5.92 Å². The Balaban J connectivity index is 3.14. The Morgan fingerprint density at radius 1 is 0.812 bits per heavy atom. The Morgan fingerprint density at radius 2 is 1.31 bits per heavy atom. The standard InChI is InChI=1S/C15H31Cl/c1-4-6-7-8-9-10-11-12-13-14(3)15(16)5-2/h14-15H,4-13H2,1-3H3. The van der Waals surface area contributed by atoms with Crippen molar-refractivity contribution in [2.75, 3.05) is 0 Å². The molecule has 0 spiro atoms. The van der Waals surface area contributed by atoms with E-state index in [0.29, 0.717) is 11.3 Å². The zero-order chi connectivity index (χ0) is 12.2. The Hall–Kier alpha value is 0.290. The minimum absolute atomic E-state index is 0.393. The lowest BCUT2D eigenvalue weighted by atomic mass is 9.97. The predicted octanol–water partition coefficient (Wildman–Crippen LogP) is 6.17. The number of rotatable bonds is 11. The first-order valence-corrected chi connectivity index (χ1v) is 7.80. The van der Waals surface area contributed by atoms with E-state index >= 15 is 0 Å². The summed E-state index contributed by atoms with van der Waals surface area (Å²) in [7, 11) is 0. The largest absolute Gasteiger partial charge is 0.123 e. The van der Waals surface area contributed by atoms with E-state index in [2.05, 4.69) is 20.8 Å². The molecule has 0 aromatic carbocycles. The molecule has 0 saturated heterocycles. The van der Waals surface area contributed by atoms with Crippen molar-refractivity contribution in [1.82, 2.24) is 0 Å². The van der Waals surface area contributed by atoms with Crippen molar-refractivity contribution < 1.29 is 0 Å². The average molecular weight is 247 g/mol. The summed E-state index contributed by atoms with van der Waals surface area (Å²) in [6, 6.07) is 0. The van der Waals surface area contributed by atoms with Crippen molar-refractivity contribution in [3.05, 3.63) is 0 Å². The highest BCUT2D eigenvalue weighted by molar-refractivity contribution is 6.20. The maximum absolute atomic E-state index is 6.21. The van der Waals surface area contributed by atoms with E-state index < -0.39 is 0 Å². The van der Waals surface area contributed by atoms with Crippen LogP contribution in [0.5, 0.6) is 0 Å². The van der Waals surface area contributed by atoms with Crippen LogP contribution in [0.25, 0.3) is 0 Å². The monoisotopic (exact) mass is 246 g/mol. The van der Waals surface area contributed by atoms with Gasteiger partial charge < -0.3 is 0 Å². The van der Waals surface area contributed by atoms with Gasteiger partial charge in [0.1, 0.15) is 0 Å². The first-order chi connectivity index (χ1) is 7.72. The van der Waals surface area contributed by atoms with Crippen molar-refractivity contribution in [3.8, 4) is 0 Å². The van der Waals surface area contributed by atoms with Gasteiger partial charge in [-0.25, -0.2) is 0 Å². The molecular formula is C15H31Cl. The Bertz CT molecular complexity index is 133. The maximum atomic E-state index is 6.21. The lowest BCUT2D eigenvalue weighted by Gasteiger charge is -2.15. The highest BCUT2D eigenvalue weighted by Gasteiger charge is 2.11. The molecule has 98 valence electrons. The second kappa shape index (κ2) is 11.8. The maximum Gasteiger partial charge on any atom is 0.0359 e. The van der Waals surface area contributed by atoms with E-state index in [1.165, 1.54) is 57.8 Å². The van der Waals surface area contributed by atoms with Crippen LogP contribution in [0, 0.1) is 5.92 Å². The van der Waals surface area contributed by atoms with Crippen LogP contribution in [-0.4, -0.2) is 5.38 Å². The summed E-state index contributed by atoms with van der Waals surface area (Å²) in [5, 5.41) is 0.393. The molecule has 0 aliphatic rings. The molecule has 0 heterocycles. The molecule has 0 aliphatic carbocycles. The van der Waals surface area contributed by atoms with E-state index in [1.807, 2.05) is 0 Å². The van der Waals surface area contributed by atoms with Gasteiger partial charge in [0.05, 0.1) is 0 Å². The van der Waals surface area contributed by atoms with Gasteiger partial charge in [-0.15, -0.1) is 11.6 Å². The molecular weight excluding hydrogens is 216 g/mol. The van der Waals surface area contributed by atoms with Crippen LogP contribution in [0.2, 0.25) is 0 Å². The fourth-order valence-electron chi connectivity index (χ4n) is 2.18. The smallest absolute Gasteiger partial charge is 0.0359 e. The lowest BCUT2D eigenvalue weighted by Crippen LogP contribution is -2.09. The van der Waals surface area contributed by atoms with Crippen LogP contribution in [0.1, 0.15) is 85.0 Å². The number of hydrogen-bond donors (Lipinski definition) is 0. The summed E-state index contributed by atoms with van der Waals surface area (Å²) >= 11 is 6.21. The number of halogens is 1. The molecule has 0 aliphatic heterocycles. The Morgan fingerprint density at radius 3 is 1.81 bits per heavy atom. The summed E-state index contributed by atoms with van der Waals surface area (Å²) < 4.78 is 0. The molecule has 16 heavy (non-hydrogen) atoms. The van der Waals surface area contributed by atoms with Gasteiger partial charge in [-0.3, -0.25) is 0 Å². The number of alkyl halides is 1. The summed E-state index contributed by atoms with van der Waals surface area (Å²) in [4.78, 5) is 0. The van der Waals surface area contributed by atoms with Crippen molar-refractivity contribution in [2.45, 2.75) is 90.4 Å². The highest BCUT2D eigenvalue weighted by Crippen LogP contribution is 2.20. The summed E-state index contributed by atoms with van der Waals surface area (Å²) in [5.41, 5.74) is 0. The molecule has 2 atom stereocenters. The molecule has 2 unspecified atom stereocenters. The number of unbranched alkanes of at least 4 members (excludes halogenated alkanes) is 7. The third-order valence-electron chi connectivity index (χ3n) is 3.52. The average Bonchev–Trinajstić information content (AvgIpc) is 2.31. The van der Waals surface area contributed by atoms with E-state index in [9.17, 15) is 0 Å². The second-order valence-corrected chi connectivity index (χ2v) is 5.73. The second-order valence-electron chi connectivity index (χ2n) is 5.17. The summed E-state index contributed by atoms with van der Waals surface area (Å²) in [6.45, 7) is 6.75. The van der Waals surface area contributed by atoms with Crippen LogP contribution in [-0.2, 0) is 0 Å². The van der Waals surface area contributed by atoms with Crippen LogP contribution in [0.3, 0.4) is 0 Å². The van der Waals surface area contributed by atoms with Gasteiger partial charge in [0.2, 0.25) is 0 Å². The lowest BCUT2D eigenvalue weighted by molar-refractivity contribution is 0.456. The summed E-state index contributed by atoms with van der Waals surface area (Å²) in [5.74, 6) is 0.701. The Labute approximate surface area is 108 Å². The zero-order valence-corrected chi connectivity index (χ0v) is 12.4. The molecule has 0 rings (SSSR count). The quantitative estimate of drug-likeness (QED) is 0.302. The third kappa shape index (κ3) is 9.51. The predicted molar refractivity (Wildman–Crippen MR) is 76.3 cm³/mol. The zero-order valence-electron chi connectivity index (χ0n) is 11.6. The van der Waals surface area contributed by atoms with Gasteiger partial charge >= 0.3 is 0 Å². The first-order valence-electron chi connectivity index (χ1n) is 7.36. The van der Waals surface area contributed by atoms with E-state index in [-0.39, 0.29) is 0 Å². The normalized spacial score (nSPS) is 15.0. The van der Waals surface area contributed by atoms with Crippen molar-refractivity contribution in [3.63, 3.8) is 0 Å². The molecule has 0 saturated carbocycles.